The molecule has 0 aliphatic carbocycles. The molecule has 0 saturated heterocycles. The number of aromatic nitrogens is 2. The third-order valence-electron chi connectivity index (χ3n) is 3.57. The first-order valence-corrected chi connectivity index (χ1v) is 6.45. The molecule has 2 N–H and O–H groups in total. The highest BCUT2D eigenvalue weighted by atomic mass is 19.1. The molecule has 0 radical (unpaired) electrons. The van der Waals surface area contributed by atoms with Gasteiger partial charge in [-0.25, -0.2) is 9.37 Å². The van der Waals surface area contributed by atoms with Crippen LogP contribution < -0.4 is 10.6 Å². The number of nitrogens with two attached hydrogens (primary N) is 1. The van der Waals surface area contributed by atoms with Crippen LogP contribution in [0, 0.1) is 5.82 Å². The largest absolute Gasteiger partial charge is 0.362 e. The van der Waals surface area contributed by atoms with Gasteiger partial charge in [0, 0.05) is 37.2 Å². The van der Waals surface area contributed by atoms with Crippen LogP contribution in [0.25, 0.3) is 0 Å². The minimum absolute atomic E-state index is 0.188. The zero-order valence-corrected chi connectivity index (χ0v) is 10.9. The Labute approximate surface area is 111 Å². The highest BCUT2D eigenvalue weighted by Crippen LogP contribution is 2.28. The van der Waals surface area contributed by atoms with Crippen LogP contribution in [0.1, 0.15) is 24.4 Å². The summed E-state index contributed by atoms with van der Waals surface area (Å²) >= 11 is 0. The van der Waals surface area contributed by atoms with Gasteiger partial charge in [-0.2, -0.15) is 0 Å². The summed E-state index contributed by atoms with van der Waals surface area (Å²) in [5.74, 6) is 0.792. The maximum Gasteiger partial charge on any atom is 0.128 e. The van der Waals surface area contributed by atoms with Crippen LogP contribution in [-0.2, 0) is 13.1 Å². The Kier molecular flexibility index (Phi) is 2.98. The van der Waals surface area contributed by atoms with Crippen molar-refractivity contribution in [1.82, 2.24) is 9.55 Å². The summed E-state index contributed by atoms with van der Waals surface area (Å²) in [6, 6.07) is 4.64. The number of hydrogen-bond acceptors (Lipinski definition) is 3. The highest BCUT2D eigenvalue weighted by molar-refractivity contribution is 5.55. The molecule has 100 valence electrons. The number of nitrogens with zero attached hydrogens (tertiary/aromatic N) is 3. The van der Waals surface area contributed by atoms with Gasteiger partial charge in [0.2, 0.25) is 0 Å². The van der Waals surface area contributed by atoms with Crippen LogP contribution in [0.15, 0.2) is 30.6 Å². The van der Waals surface area contributed by atoms with Crippen molar-refractivity contribution in [1.29, 1.82) is 0 Å². The Morgan fingerprint density at radius 2 is 2.21 bits per heavy atom. The SMILES string of the molecule is CC(N)c1cc(F)ccc1N1CCn2ccnc2C1. The lowest BCUT2D eigenvalue weighted by molar-refractivity contribution is 0.556. The molecular weight excluding hydrogens is 243 g/mol. The van der Waals surface area contributed by atoms with Gasteiger partial charge in [-0.1, -0.05) is 0 Å². The van der Waals surface area contributed by atoms with E-state index in [0.717, 1.165) is 36.7 Å². The minimum Gasteiger partial charge on any atom is -0.362 e. The Bertz CT molecular complexity index is 591. The molecule has 0 fully saturated rings. The summed E-state index contributed by atoms with van der Waals surface area (Å²) in [6.45, 7) is 4.39. The summed E-state index contributed by atoms with van der Waals surface area (Å²) < 4.78 is 15.5. The summed E-state index contributed by atoms with van der Waals surface area (Å²) in [5.41, 5.74) is 7.80. The Morgan fingerprint density at radius 3 is 3.00 bits per heavy atom. The van der Waals surface area contributed by atoms with Crippen LogP contribution >= 0.6 is 0 Å². The lowest BCUT2D eigenvalue weighted by Crippen LogP contribution is -2.34. The molecule has 1 aliphatic rings. The van der Waals surface area contributed by atoms with Crippen molar-refractivity contribution in [3.63, 3.8) is 0 Å². The Balaban J connectivity index is 1.95. The molecule has 0 saturated carbocycles. The number of halogens is 1. The molecule has 5 heteroatoms. The summed E-state index contributed by atoms with van der Waals surface area (Å²) in [4.78, 5) is 6.55. The zero-order valence-electron chi connectivity index (χ0n) is 10.9. The Hall–Kier alpha value is -1.88. The highest BCUT2D eigenvalue weighted by Gasteiger charge is 2.20. The lowest BCUT2D eigenvalue weighted by atomic mass is 10.0. The fourth-order valence-electron chi connectivity index (χ4n) is 2.56. The van der Waals surface area contributed by atoms with Gasteiger partial charge >= 0.3 is 0 Å². The van der Waals surface area contributed by atoms with Crippen molar-refractivity contribution >= 4 is 5.69 Å². The molecule has 2 heterocycles. The maximum absolute atomic E-state index is 13.4. The smallest absolute Gasteiger partial charge is 0.128 e. The first kappa shape index (κ1) is 12.2. The van der Waals surface area contributed by atoms with Gasteiger partial charge in [0.25, 0.3) is 0 Å². The molecule has 0 amide bonds. The van der Waals surface area contributed by atoms with Gasteiger partial charge in [-0.05, 0) is 30.7 Å². The molecule has 1 aliphatic heterocycles. The summed E-state index contributed by atoms with van der Waals surface area (Å²) in [6.07, 6.45) is 3.81. The molecule has 3 rings (SSSR count). The number of benzene rings is 1. The number of fused-ring (bicyclic) bond motifs is 1. The molecule has 2 aromatic rings. The summed E-state index contributed by atoms with van der Waals surface area (Å²) in [7, 11) is 0. The summed E-state index contributed by atoms with van der Waals surface area (Å²) in [5, 5.41) is 0. The molecule has 1 atom stereocenters. The van der Waals surface area contributed by atoms with Crippen molar-refractivity contribution in [2.24, 2.45) is 5.73 Å². The number of imidazole rings is 1. The van der Waals surface area contributed by atoms with E-state index in [9.17, 15) is 4.39 Å². The van der Waals surface area contributed by atoms with E-state index in [2.05, 4.69) is 14.5 Å². The van der Waals surface area contributed by atoms with E-state index in [0.29, 0.717) is 0 Å². The fourth-order valence-corrected chi connectivity index (χ4v) is 2.56. The van der Waals surface area contributed by atoms with Gasteiger partial charge in [-0.3, -0.25) is 0 Å². The average Bonchev–Trinajstić information content (AvgIpc) is 2.85. The molecule has 1 aromatic heterocycles. The van der Waals surface area contributed by atoms with Crippen molar-refractivity contribution in [3.05, 3.63) is 47.8 Å². The third-order valence-corrected chi connectivity index (χ3v) is 3.57. The number of hydrogen-bond donors (Lipinski definition) is 1. The molecule has 0 bridgehead atoms. The normalized spacial score (nSPS) is 16.3. The second-order valence-electron chi connectivity index (χ2n) is 4.95. The standard InChI is InChI=1S/C14H17FN4/c1-10(16)12-8-11(15)2-3-13(12)19-7-6-18-5-4-17-14(18)9-19/h2-5,8,10H,6-7,9,16H2,1H3. The lowest BCUT2D eigenvalue weighted by Gasteiger charge is -2.32. The number of rotatable bonds is 2. The monoisotopic (exact) mass is 260 g/mol. The Morgan fingerprint density at radius 1 is 1.37 bits per heavy atom. The maximum atomic E-state index is 13.4. The van der Waals surface area contributed by atoms with Crippen molar-refractivity contribution < 1.29 is 4.39 Å². The molecule has 19 heavy (non-hydrogen) atoms. The van der Waals surface area contributed by atoms with Crippen LogP contribution in [-0.4, -0.2) is 16.1 Å². The van der Waals surface area contributed by atoms with E-state index in [1.807, 2.05) is 25.4 Å². The van der Waals surface area contributed by atoms with Crippen LogP contribution in [0.4, 0.5) is 10.1 Å². The van der Waals surface area contributed by atoms with Crippen molar-refractivity contribution in [2.45, 2.75) is 26.1 Å². The van der Waals surface area contributed by atoms with Gasteiger partial charge in [-0.15, -0.1) is 0 Å². The predicted octanol–water partition coefficient (Wildman–Crippen LogP) is 2.06. The molecule has 4 nitrogen and oxygen atoms in total. The quantitative estimate of drug-likeness (QED) is 0.899. The van der Waals surface area contributed by atoms with Crippen molar-refractivity contribution in [3.8, 4) is 0 Å². The fraction of sp³-hybridized carbons (Fsp3) is 0.357. The molecule has 1 aromatic carbocycles. The van der Waals surface area contributed by atoms with Gasteiger partial charge in [0.05, 0.1) is 6.54 Å². The minimum atomic E-state index is -0.241. The van der Waals surface area contributed by atoms with E-state index < -0.39 is 0 Å². The molecule has 1 unspecified atom stereocenters. The van der Waals surface area contributed by atoms with E-state index in [1.54, 1.807) is 0 Å². The topological polar surface area (TPSA) is 47.1 Å². The van der Waals surface area contributed by atoms with Crippen LogP contribution in [0.5, 0.6) is 0 Å². The van der Waals surface area contributed by atoms with E-state index in [1.165, 1.54) is 12.1 Å². The van der Waals surface area contributed by atoms with Gasteiger partial charge in [0.1, 0.15) is 11.6 Å². The van der Waals surface area contributed by atoms with E-state index in [-0.39, 0.29) is 11.9 Å². The third kappa shape index (κ3) is 2.21. The first-order chi connectivity index (χ1) is 9.15. The van der Waals surface area contributed by atoms with Crippen LogP contribution in [0.3, 0.4) is 0 Å². The van der Waals surface area contributed by atoms with Crippen molar-refractivity contribution in [2.75, 3.05) is 11.4 Å². The first-order valence-electron chi connectivity index (χ1n) is 6.45. The second kappa shape index (κ2) is 4.66. The van der Waals surface area contributed by atoms with E-state index >= 15 is 0 Å². The number of anilines is 1. The van der Waals surface area contributed by atoms with Gasteiger partial charge in [0.15, 0.2) is 0 Å². The van der Waals surface area contributed by atoms with Gasteiger partial charge < -0.3 is 15.2 Å². The predicted molar refractivity (Wildman–Crippen MR) is 72.3 cm³/mol. The zero-order chi connectivity index (χ0) is 13.4. The average molecular weight is 260 g/mol. The second-order valence-corrected chi connectivity index (χ2v) is 4.95. The molecule has 0 spiro atoms. The molecular formula is C14H17FN4. The van der Waals surface area contributed by atoms with E-state index in [4.69, 9.17) is 5.73 Å². The van der Waals surface area contributed by atoms with Crippen LogP contribution in [0.2, 0.25) is 0 Å².